The lowest BCUT2D eigenvalue weighted by Gasteiger charge is -2.08. The molecule has 0 spiro atoms. The normalized spacial score (nSPS) is 11.1. The Labute approximate surface area is 150 Å². The number of H-pyrrole nitrogens is 1. The third-order valence-electron chi connectivity index (χ3n) is 4.39. The van der Waals surface area contributed by atoms with Crippen molar-refractivity contribution in [1.29, 1.82) is 0 Å². The Balaban J connectivity index is 1.78. The molecule has 0 bridgehead atoms. The fraction of sp³-hybridized carbons (Fsp3) is 0.143. The number of benzene rings is 2. The molecule has 5 nitrogen and oxygen atoms in total. The zero-order chi connectivity index (χ0) is 17.9. The Morgan fingerprint density at radius 3 is 2.69 bits per heavy atom. The molecule has 0 aliphatic carbocycles. The predicted molar refractivity (Wildman–Crippen MR) is 100 cm³/mol. The molecule has 26 heavy (non-hydrogen) atoms. The molecule has 0 fully saturated rings. The van der Waals surface area contributed by atoms with Crippen LogP contribution in [0.2, 0.25) is 0 Å². The molecule has 0 aliphatic heterocycles. The van der Waals surface area contributed by atoms with Gasteiger partial charge in [-0.15, -0.1) is 0 Å². The number of methoxy groups -OCH3 is 1. The fourth-order valence-corrected chi connectivity index (χ4v) is 3.18. The SMILES string of the molecule is COCc1c(C=O)ncc2[nH]c3ccc(OCc4ccccc4)cc3c12. The summed E-state index contributed by atoms with van der Waals surface area (Å²) >= 11 is 0. The first-order valence-corrected chi connectivity index (χ1v) is 8.34. The quantitative estimate of drug-likeness (QED) is 0.530. The lowest BCUT2D eigenvalue weighted by molar-refractivity contribution is 0.111. The lowest BCUT2D eigenvalue weighted by atomic mass is 10.1. The summed E-state index contributed by atoms with van der Waals surface area (Å²) < 4.78 is 11.2. The van der Waals surface area contributed by atoms with Gasteiger partial charge in [0.1, 0.15) is 18.1 Å². The number of pyridine rings is 1. The first kappa shape index (κ1) is 16.3. The van der Waals surface area contributed by atoms with Crippen molar-refractivity contribution < 1.29 is 14.3 Å². The number of hydrogen-bond donors (Lipinski definition) is 1. The van der Waals surface area contributed by atoms with Gasteiger partial charge in [-0.1, -0.05) is 30.3 Å². The second kappa shape index (κ2) is 6.98. The summed E-state index contributed by atoms with van der Waals surface area (Å²) in [6, 6.07) is 15.9. The van der Waals surface area contributed by atoms with Crippen molar-refractivity contribution in [1.82, 2.24) is 9.97 Å². The van der Waals surface area contributed by atoms with Gasteiger partial charge in [0.2, 0.25) is 0 Å². The molecule has 130 valence electrons. The molecular weight excluding hydrogens is 328 g/mol. The summed E-state index contributed by atoms with van der Waals surface area (Å²) in [5.41, 5.74) is 4.13. The number of nitrogens with one attached hydrogen (secondary N) is 1. The molecular formula is C21H18N2O3. The first-order valence-electron chi connectivity index (χ1n) is 8.34. The van der Waals surface area contributed by atoms with Gasteiger partial charge in [-0.3, -0.25) is 9.78 Å². The van der Waals surface area contributed by atoms with Gasteiger partial charge in [0.15, 0.2) is 6.29 Å². The van der Waals surface area contributed by atoms with E-state index >= 15 is 0 Å². The van der Waals surface area contributed by atoms with Crippen LogP contribution in [0.3, 0.4) is 0 Å². The Hall–Kier alpha value is -3.18. The van der Waals surface area contributed by atoms with E-state index in [1.54, 1.807) is 13.3 Å². The minimum atomic E-state index is 0.320. The Bertz CT molecular complexity index is 1070. The maximum absolute atomic E-state index is 11.4. The third-order valence-corrected chi connectivity index (χ3v) is 4.39. The Morgan fingerprint density at radius 1 is 1.08 bits per heavy atom. The first-order chi connectivity index (χ1) is 12.8. The van der Waals surface area contributed by atoms with Crippen LogP contribution in [0.4, 0.5) is 0 Å². The predicted octanol–water partition coefficient (Wildman–Crippen LogP) is 4.25. The van der Waals surface area contributed by atoms with E-state index in [2.05, 4.69) is 9.97 Å². The lowest BCUT2D eigenvalue weighted by Crippen LogP contribution is -1.99. The van der Waals surface area contributed by atoms with Gasteiger partial charge in [-0.25, -0.2) is 0 Å². The highest BCUT2D eigenvalue weighted by Gasteiger charge is 2.14. The summed E-state index contributed by atoms with van der Waals surface area (Å²) in [6.07, 6.45) is 2.45. The third kappa shape index (κ3) is 2.93. The van der Waals surface area contributed by atoms with Gasteiger partial charge in [-0.2, -0.15) is 0 Å². The van der Waals surface area contributed by atoms with E-state index in [9.17, 15) is 4.79 Å². The molecule has 0 radical (unpaired) electrons. The highest BCUT2D eigenvalue weighted by atomic mass is 16.5. The minimum Gasteiger partial charge on any atom is -0.489 e. The van der Waals surface area contributed by atoms with Gasteiger partial charge in [0.05, 0.1) is 18.3 Å². The number of rotatable bonds is 6. The molecule has 0 saturated carbocycles. The zero-order valence-corrected chi connectivity index (χ0v) is 14.4. The van der Waals surface area contributed by atoms with Crippen molar-refractivity contribution in [3.05, 3.63) is 71.5 Å². The molecule has 0 amide bonds. The summed E-state index contributed by atoms with van der Waals surface area (Å²) in [4.78, 5) is 18.9. The van der Waals surface area contributed by atoms with Crippen LogP contribution in [-0.2, 0) is 18.0 Å². The van der Waals surface area contributed by atoms with Crippen LogP contribution >= 0.6 is 0 Å². The van der Waals surface area contributed by atoms with E-state index < -0.39 is 0 Å². The van der Waals surface area contributed by atoms with E-state index in [0.717, 1.165) is 45.0 Å². The number of ether oxygens (including phenoxy) is 2. The largest absolute Gasteiger partial charge is 0.489 e. The van der Waals surface area contributed by atoms with Crippen molar-refractivity contribution in [2.75, 3.05) is 7.11 Å². The fourth-order valence-electron chi connectivity index (χ4n) is 3.18. The van der Waals surface area contributed by atoms with E-state index in [0.29, 0.717) is 18.9 Å². The standard InChI is InChI=1S/C21H18N2O3/c1-25-13-17-20(11-24)22-10-19-21(17)16-9-15(7-8-18(16)23-19)26-12-14-5-3-2-4-6-14/h2-11,23H,12-13H2,1H3. The molecule has 4 rings (SSSR count). The van der Waals surface area contributed by atoms with Gasteiger partial charge < -0.3 is 14.5 Å². The minimum absolute atomic E-state index is 0.320. The van der Waals surface area contributed by atoms with Crippen molar-refractivity contribution in [3.63, 3.8) is 0 Å². The average Bonchev–Trinajstić information content (AvgIpc) is 3.06. The molecule has 1 N–H and O–H groups in total. The van der Waals surface area contributed by atoms with E-state index in [1.165, 1.54) is 0 Å². The van der Waals surface area contributed by atoms with Crippen LogP contribution in [0.5, 0.6) is 5.75 Å². The molecule has 2 heterocycles. The maximum Gasteiger partial charge on any atom is 0.168 e. The number of fused-ring (bicyclic) bond motifs is 3. The van der Waals surface area contributed by atoms with E-state index in [4.69, 9.17) is 9.47 Å². The highest BCUT2D eigenvalue weighted by molar-refractivity contribution is 6.10. The van der Waals surface area contributed by atoms with Gasteiger partial charge >= 0.3 is 0 Å². The summed E-state index contributed by atoms with van der Waals surface area (Å²) in [7, 11) is 1.61. The molecule has 5 heteroatoms. The number of hydrogen-bond acceptors (Lipinski definition) is 4. The van der Waals surface area contributed by atoms with Gasteiger partial charge in [-0.05, 0) is 23.8 Å². The van der Waals surface area contributed by atoms with Crippen LogP contribution in [-0.4, -0.2) is 23.4 Å². The van der Waals surface area contributed by atoms with Crippen LogP contribution in [0.1, 0.15) is 21.6 Å². The second-order valence-corrected chi connectivity index (χ2v) is 6.07. The van der Waals surface area contributed by atoms with E-state index in [1.807, 2.05) is 48.5 Å². The van der Waals surface area contributed by atoms with Crippen molar-refractivity contribution in [2.24, 2.45) is 0 Å². The molecule has 0 aliphatic rings. The van der Waals surface area contributed by atoms with Gasteiger partial charge in [0.25, 0.3) is 0 Å². The van der Waals surface area contributed by atoms with Crippen molar-refractivity contribution in [3.8, 4) is 5.75 Å². The van der Waals surface area contributed by atoms with E-state index in [-0.39, 0.29) is 0 Å². The molecule has 0 atom stereocenters. The number of aldehydes is 1. The monoisotopic (exact) mass is 346 g/mol. The zero-order valence-electron chi connectivity index (χ0n) is 14.4. The Morgan fingerprint density at radius 2 is 1.92 bits per heavy atom. The number of carbonyl (C=O) groups excluding carboxylic acids is 1. The molecule has 0 saturated heterocycles. The molecule has 2 aromatic carbocycles. The summed E-state index contributed by atoms with van der Waals surface area (Å²) in [5, 5.41) is 1.94. The average molecular weight is 346 g/mol. The van der Waals surface area contributed by atoms with Crippen molar-refractivity contribution >= 4 is 28.1 Å². The molecule has 0 unspecified atom stereocenters. The summed E-state index contributed by atoms with van der Waals surface area (Å²) in [6.45, 7) is 0.821. The van der Waals surface area contributed by atoms with Crippen LogP contribution in [0, 0.1) is 0 Å². The molecule has 2 aromatic heterocycles. The highest BCUT2D eigenvalue weighted by Crippen LogP contribution is 2.32. The van der Waals surface area contributed by atoms with Crippen LogP contribution in [0.15, 0.2) is 54.7 Å². The second-order valence-electron chi connectivity index (χ2n) is 6.07. The number of carbonyl (C=O) groups is 1. The number of aromatic amines is 1. The number of aromatic nitrogens is 2. The molecule has 4 aromatic rings. The van der Waals surface area contributed by atoms with Crippen LogP contribution in [0.25, 0.3) is 21.8 Å². The topological polar surface area (TPSA) is 64.2 Å². The van der Waals surface area contributed by atoms with Crippen molar-refractivity contribution in [2.45, 2.75) is 13.2 Å². The number of nitrogens with zero attached hydrogens (tertiary/aromatic N) is 1. The van der Waals surface area contributed by atoms with Gasteiger partial charge in [0, 0.05) is 29.0 Å². The maximum atomic E-state index is 11.4. The summed E-state index contributed by atoms with van der Waals surface area (Å²) in [5.74, 6) is 0.773. The smallest absolute Gasteiger partial charge is 0.168 e. The Kier molecular flexibility index (Phi) is 4.37. The van der Waals surface area contributed by atoms with Crippen LogP contribution < -0.4 is 4.74 Å².